The van der Waals surface area contributed by atoms with Crippen molar-refractivity contribution in [3.8, 4) is 0 Å². The highest BCUT2D eigenvalue weighted by Crippen LogP contribution is 2.33. The summed E-state index contributed by atoms with van der Waals surface area (Å²) in [4.78, 5) is 14.2. The maximum Gasteiger partial charge on any atom is 0.178 e. The highest BCUT2D eigenvalue weighted by atomic mass is 19.1. The lowest BCUT2D eigenvalue weighted by Crippen LogP contribution is -2.57. The number of benzene rings is 2. The Bertz CT molecular complexity index is 1180. The van der Waals surface area contributed by atoms with Crippen LogP contribution in [0.3, 0.4) is 0 Å². The predicted octanol–water partition coefficient (Wildman–Crippen LogP) is 5.63. The minimum atomic E-state index is -0.549. The summed E-state index contributed by atoms with van der Waals surface area (Å²) in [6.07, 6.45) is 10.6. The topological polar surface area (TPSA) is 46.5 Å². The van der Waals surface area contributed by atoms with Crippen molar-refractivity contribution in [2.45, 2.75) is 57.8 Å². The summed E-state index contributed by atoms with van der Waals surface area (Å²) in [6, 6.07) is 12.2. The Kier molecular flexibility index (Phi) is 9.17. The molecule has 5 rings (SSSR count). The van der Waals surface area contributed by atoms with Gasteiger partial charge in [-0.25, -0.2) is 13.8 Å². The van der Waals surface area contributed by atoms with Gasteiger partial charge in [0.25, 0.3) is 0 Å². The van der Waals surface area contributed by atoms with Crippen molar-refractivity contribution in [3.05, 3.63) is 77.0 Å². The van der Waals surface area contributed by atoms with E-state index in [4.69, 9.17) is 4.99 Å². The summed E-state index contributed by atoms with van der Waals surface area (Å²) in [5.74, 6) is -1.10. The van der Waals surface area contributed by atoms with Crippen LogP contribution in [0, 0.1) is 11.6 Å². The summed E-state index contributed by atoms with van der Waals surface area (Å²) >= 11 is 0. The average Bonchev–Trinajstić information content (AvgIpc) is 3.43. The summed E-state index contributed by atoms with van der Waals surface area (Å²) in [5.41, 5.74) is 7.32. The first-order valence-corrected chi connectivity index (χ1v) is 14.3. The Labute approximate surface area is 231 Å². The maximum atomic E-state index is 14.2. The molecule has 1 fully saturated rings. The Balaban J connectivity index is 1.15. The first kappa shape index (κ1) is 27.6. The van der Waals surface area contributed by atoms with Gasteiger partial charge in [0, 0.05) is 63.5 Å². The third-order valence-corrected chi connectivity index (χ3v) is 7.91. The zero-order valence-corrected chi connectivity index (χ0v) is 23.1. The van der Waals surface area contributed by atoms with Gasteiger partial charge in [0.2, 0.25) is 0 Å². The van der Waals surface area contributed by atoms with E-state index in [1.807, 2.05) is 6.21 Å². The van der Waals surface area contributed by atoms with Crippen LogP contribution in [-0.2, 0) is 0 Å². The number of rotatable bonds is 10. The monoisotopic (exact) mass is 534 g/mol. The molecule has 39 heavy (non-hydrogen) atoms. The van der Waals surface area contributed by atoms with Gasteiger partial charge < -0.3 is 4.90 Å². The third kappa shape index (κ3) is 6.62. The van der Waals surface area contributed by atoms with E-state index in [-0.39, 0.29) is 17.9 Å². The van der Waals surface area contributed by atoms with E-state index in [1.54, 1.807) is 0 Å². The molecule has 0 amide bonds. The normalized spacial score (nSPS) is 22.3. The van der Waals surface area contributed by atoms with Gasteiger partial charge in [-0.15, -0.1) is 0 Å². The molecule has 6 nitrogen and oxygen atoms in total. The number of allylic oxidation sites excluding steroid dienone is 1. The van der Waals surface area contributed by atoms with Crippen molar-refractivity contribution in [1.82, 2.24) is 20.2 Å². The van der Waals surface area contributed by atoms with Gasteiger partial charge in [0.1, 0.15) is 11.6 Å². The fourth-order valence-electron chi connectivity index (χ4n) is 5.66. The van der Waals surface area contributed by atoms with E-state index in [0.29, 0.717) is 12.1 Å². The molecule has 1 N–H and O–H groups in total. The number of halogens is 2. The molecule has 1 saturated heterocycles. The van der Waals surface area contributed by atoms with E-state index in [1.165, 1.54) is 43.9 Å². The van der Waals surface area contributed by atoms with Crippen LogP contribution in [0.15, 0.2) is 58.6 Å². The van der Waals surface area contributed by atoms with Gasteiger partial charge in [0.15, 0.2) is 6.29 Å². The SMILES string of the molecule is CCCCCCNN1CCN(C2N=CC(c3ccc(C4CCC(c5c(F)cccc5F)=N4)cc3)=CN2C)CC1. The molecule has 2 aromatic rings. The minimum absolute atomic E-state index is 0.0119. The molecule has 0 aliphatic carbocycles. The second-order valence-electron chi connectivity index (χ2n) is 10.7. The molecule has 3 heterocycles. The molecular weight excluding hydrogens is 494 g/mol. The second kappa shape index (κ2) is 12.9. The zero-order chi connectivity index (χ0) is 27.2. The van der Waals surface area contributed by atoms with Crippen LogP contribution in [-0.4, -0.2) is 72.8 Å². The Morgan fingerprint density at radius 3 is 2.38 bits per heavy atom. The lowest BCUT2D eigenvalue weighted by Gasteiger charge is -2.41. The fourth-order valence-corrected chi connectivity index (χ4v) is 5.66. The van der Waals surface area contributed by atoms with Crippen molar-refractivity contribution in [2.24, 2.45) is 9.98 Å². The van der Waals surface area contributed by atoms with Gasteiger partial charge in [-0.3, -0.25) is 20.3 Å². The molecule has 3 aliphatic rings. The number of hydrogen-bond donors (Lipinski definition) is 1. The molecule has 2 unspecified atom stereocenters. The van der Waals surface area contributed by atoms with E-state index in [2.05, 4.69) is 69.7 Å². The second-order valence-corrected chi connectivity index (χ2v) is 10.7. The molecule has 0 spiro atoms. The average molecular weight is 535 g/mol. The van der Waals surface area contributed by atoms with Crippen LogP contribution in [0.2, 0.25) is 0 Å². The first-order valence-electron chi connectivity index (χ1n) is 14.3. The van der Waals surface area contributed by atoms with Crippen LogP contribution in [0.1, 0.15) is 68.2 Å². The molecule has 8 heteroatoms. The molecule has 0 saturated carbocycles. The Morgan fingerprint density at radius 2 is 1.69 bits per heavy atom. The van der Waals surface area contributed by atoms with Gasteiger partial charge in [0.05, 0.1) is 11.6 Å². The van der Waals surface area contributed by atoms with Gasteiger partial charge >= 0.3 is 0 Å². The number of hydrazine groups is 1. The highest BCUT2D eigenvalue weighted by Gasteiger charge is 2.27. The molecule has 208 valence electrons. The Morgan fingerprint density at radius 1 is 0.949 bits per heavy atom. The lowest BCUT2D eigenvalue weighted by atomic mass is 9.99. The number of aliphatic imine (C=N–C) groups is 2. The Hall–Kier alpha value is -2.94. The summed E-state index contributed by atoms with van der Waals surface area (Å²) in [5, 5.41) is 2.35. The molecule has 2 aromatic carbocycles. The summed E-state index contributed by atoms with van der Waals surface area (Å²) in [6.45, 7) is 7.26. The lowest BCUT2D eigenvalue weighted by molar-refractivity contribution is 0.0251. The number of unbranched alkanes of at least 4 members (excludes halogenated alkanes) is 3. The quantitative estimate of drug-likeness (QED) is 0.401. The van der Waals surface area contributed by atoms with E-state index >= 15 is 0 Å². The number of piperazine rings is 1. The van der Waals surface area contributed by atoms with Gasteiger partial charge in [-0.1, -0.05) is 56.5 Å². The maximum absolute atomic E-state index is 14.2. The molecule has 0 radical (unpaired) electrons. The van der Waals surface area contributed by atoms with E-state index in [9.17, 15) is 8.78 Å². The van der Waals surface area contributed by atoms with Crippen molar-refractivity contribution >= 4 is 17.5 Å². The van der Waals surface area contributed by atoms with Crippen molar-refractivity contribution in [3.63, 3.8) is 0 Å². The highest BCUT2D eigenvalue weighted by molar-refractivity contribution is 6.10. The van der Waals surface area contributed by atoms with Crippen molar-refractivity contribution in [2.75, 3.05) is 39.8 Å². The summed E-state index contributed by atoms with van der Waals surface area (Å²) in [7, 11) is 2.09. The van der Waals surface area contributed by atoms with Crippen LogP contribution in [0.25, 0.3) is 5.57 Å². The number of nitrogens with zero attached hydrogens (tertiary/aromatic N) is 5. The van der Waals surface area contributed by atoms with Crippen LogP contribution < -0.4 is 5.43 Å². The predicted molar refractivity (Wildman–Crippen MR) is 155 cm³/mol. The third-order valence-electron chi connectivity index (χ3n) is 7.91. The zero-order valence-electron chi connectivity index (χ0n) is 23.1. The molecular formula is C31H40F2N6. The first-order chi connectivity index (χ1) is 19.0. The molecule has 0 aromatic heterocycles. The fraction of sp³-hybridized carbons (Fsp3) is 0.484. The van der Waals surface area contributed by atoms with E-state index in [0.717, 1.165) is 55.8 Å². The minimum Gasteiger partial charge on any atom is -0.346 e. The van der Waals surface area contributed by atoms with E-state index < -0.39 is 11.6 Å². The van der Waals surface area contributed by atoms with Crippen LogP contribution in [0.4, 0.5) is 8.78 Å². The van der Waals surface area contributed by atoms with Crippen LogP contribution >= 0.6 is 0 Å². The van der Waals surface area contributed by atoms with Crippen molar-refractivity contribution in [1.29, 1.82) is 0 Å². The number of hydrogen-bond acceptors (Lipinski definition) is 6. The summed E-state index contributed by atoms with van der Waals surface area (Å²) < 4.78 is 28.4. The van der Waals surface area contributed by atoms with Gasteiger partial charge in [-0.05, 0) is 42.5 Å². The molecule has 0 bridgehead atoms. The largest absolute Gasteiger partial charge is 0.346 e. The standard InChI is InChI=1S/C31H40F2N6/c1-3-4-5-6-16-35-39-19-17-38(18-20-39)31-34-21-25(22-37(31)2)23-10-12-24(13-11-23)28-14-15-29(36-28)30-26(32)8-7-9-27(30)33/h7-13,21-22,28,31,35H,3-6,14-20H2,1-2H3. The smallest absolute Gasteiger partial charge is 0.178 e. The number of nitrogens with one attached hydrogen (secondary N) is 1. The molecule has 2 atom stereocenters. The molecule has 3 aliphatic heterocycles. The van der Waals surface area contributed by atoms with Crippen molar-refractivity contribution < 1.29 is 8.78 Å². The van der Waals surface area contributed by atoms with Crippen LogP contribution in [0.5, 0.6) is 0 Å². The van der Waals surface area contributed by atoms with Gasteiger partial charge in [-0.2, -0.15) is 0 Å².